The van der Waals surface area contributed by atoms with E-state index in [1.54, 1.807) is 7.11 Å². The van der Waals surface area contributed by atoms with Gasteiger partial charge in [-0.25, -0.2) is 4.79 Å². The molecule has 0 saturated heterocycles. The number of aromatic nitrogens is 1. The maximum absolute atomic E-state index is 12.4. The van der Waals surface area contributed by atoms with Gasteiger partial charge in [-0.1, -0.05) is 24.3 Å². The highest BCUT2D eigenvalue weighted by atomic mass is 16.5. The van der Waals surface area contributed by atoms with Crippen LogP contribution in [0, 0.1) is 0 Å². The number of hydrogen-bond donors (Lipinski definition) is 0. The molecule has 2 aromatic carbocycles. The fourth-order valence-electron chi connectivity index (χ4n) is 3.43. The van der Waals surface area contributed by atoms with Gasteiger partial charge in [0, 0.05) is 23.6 Å². The van der Waals surface area contributed by atoms with Crippen LogP contribution in [0.2, 0.25) is 0 Å². The molecule has 0 radical (unpaired) electrons. The largest absolute Gasteiger partial charge is 0.497 e. The van der Waals surface area contributed by atoms with E-state index < -0.39 is 0 Å². The zero-order valence-corrected chi connectivity index (χ0v) is 13.7. The van der Waals surface area contributed by atoms with Crippen LogP contribution in [-0.2, 0) is 11.2 Å². The van der Waals surface area contributed by atoms with Crippen LogP contribution in [0.25, 0.3) is 22.0 Å². The first-order valence-corrected chi connectivity index (χ1v) is 8.04. The lowest BCUT2D eigenvalue weighted by molar-refractivity contribution is -0.351. The van der Waals surface area contributed by atoms with Crippen molar-refractivity contribution in [2.75, 3.05) is 13.7 Å². The number of aromatic amines is 1. The highest BCUT2D eigenvalue weighted by molar-refractivity contribution is 6.02. The van der Waals surface area contributed by atoms with Gasteiger partial charge >= 0.3 is 5.97 Å². The molecule has 120 valence electrons. The Morgan fingerprint density at radius 1 is 1.21 bits per heavy atom. The average Bonchev–Trinajstić information content (AvgIpc) is 3.00. The number of benzene rings is 2. The summed E-state index contributed by atoms with van der Waals surface area (Å²) >= 11 is 0. The summed E-state index contributed by atoms with van der Waals surface area (Å²) in [5.74, 6) is 0.491. The van der Waals surface area contributed by atoms with Gasteiger partial charge in [-0.15, -0.1) is 0 Å². The molecule has 0 spiro atoms. The highest BCUT2D eigenvalue weighted by Crippen LogP contribution is 2.42. The van der Waals surface area contributed by atoms with Crippen LogP contribution in [0.15, 0.2) is 42.5 Å². The Balaban J connectivity index is 2.06. The molecule has 1 heterocycles. The van der Waals surface area contributed by atoms with Gasteiger partial charge in [-0.3, -0.25) is 0 Å². The molecular weight excluding hydrogens is 302 g/mol. The lowest BCUT2D eigenvalue weighted by Crippen LogP contribution is -2.23. The zero-order chi connectivity index (χ0) is 16.7. The van der Waals surface area contributed by atoms with E-state index in [4.69, 9.17) is 9.47 Å². The van der Waals surface area contributed by atoms with E-state index in [0.717, 1.165) is 34.2 Å². The summed E-state index contributed by atoms with van der Waals surface area (Å²) in [6, 6.07) is 14.1. The third-order valence-electron chi connectivity index (χ3n) is 4.49. The second-order valence-corrected chi connectivity index (χ2v) is 5.82. The van der Waals surface area contributed by atoms with E-state index in [1.807, 2.05) is 37.3 Å². The lowest BCUT2D eigenvalue weighted by Gasteiger charge is -2.08. The molecular formula is C20H18NO3+. The fourth-order valence-corrected chi connectivity index (χ4v) is 3.43. The first-order chi connectivity index (χ1) is 11.7. The van der Waals surface area contributed by atoms with Gasteiger partial charge in [-0.2, -0.15) is 4.98 Å². The van der Waals surface area contributed by atoms with Gasteiger partial charge in [0.15, 0.2) is 0 Å². The van der Waals surface area contributed by atoms with Gasteiger partial charge in [-0.05, 0) is 30.2 Å². The minimum atomic E-state index is -0.306. The Hall–Kier alpha value is -2.88. The Morgan fingerprint density at radius 2 is 2.04 bits per heavy atom. The number of H-pyrrole nitrogens is 1. The standard InChI is InChI=1S/C20H17NO3/c1-3-24-20(22)19-16-10-12-6-4-5-7-14(12)18(16)15-11-13(23-2)8-9-17(15)21-19/h4-9,11H,3,10H2,1-2H3/p+1. The molecule has 0 saturated carbocycles. The van der Waals surface area contributed by atoms with Crippen LogP contribution >= 0.6 is 0 Å². The number of fused-ring (bicyclic) bond motifs is 5. The van der Waals surface area contributed by atoms with Crippen molar-refractivity contribution in [2.24, 2.45) is 0 Å². The molecule has 1 aliphatic rings. The molecule has 0 atom stereocenters. The summed E-state index contributed by atoms with van der Waals surface area (Å²) in [6.45, 7) is 2.17. The van der Waals surface area contributed by atoms with E-state index in [9.17, 15) is 4.79 Å². The normalized spacial score (nSPS) is 11.9. The monoisotopic (exact) mass is 320 g/mol. The van der Waals surface area contributed by atoms with E-state index in [-0.39, 0.29) is 5.97 Å². The summed E-state index contributed by atoms with van der Waals surface area (Å²) < 4.78 is 10.6. The third-order valence-corrected chi connectivity index (χ3v) is 4.49. The van der Waals surface area contributed by atoms with Crippen molar-refractivity contribution in [3.8, 4) is 16.9 Å². The van der Waals surface area contributed by atoms with Crippen LogP contribution in [0.3, 0.4) is 0 Å². The topological polar surface area (TPSA) is 49.7 Å². The van der Waals surface area contributed by atoms with E-state index in [0.29, 0.717) is 12.3 Å². The smallest absolute Gasteiger partial charge is 0.403 e. The summed E-state index contributed by atoms with van der Waals surface area (Å²) in [5.41, 5.74) is 5.93. The Labute approximate surface area is 140 Å². The molecule has 4 heteroatoms. The quantitative estimate of drug-likeness (QED) is 0.544. The summed E-state index contributed by atoms with van der Waals surface area (Å²) in [6.07, 6.45) is 0.726. The zero-order valence-electron chi connectivity index (χ0n) is 13.7. The van der Waals surface area contributed by atoms with Crippen molar-refractivity contribution in [2.45, 2.75) is 13.3 Å². The number of pyridine rings is 1. The van der Waals surface area contributed by atoms with Crippen molar-refractivity contribution in [3.05, 3.63) is 59.3 Å². The first-order valence-electron chi connectivity index (χ1n) is 8.04. The van der Waals surface area contributed by atoms with Gasteiger partial charge in [0.05, 0.1) is 19.1 Å². The van der Waals surface area contributed by atoms with E-state index in [2.05, 4.69) is 17.1 Å². The molecule has 1 N–H and O–H groups in total. The van der Waals surface area contributed by atoms with Gasteiger partial charge < -0.3 is 9.47 Å². The van der Waals surface area contributed by atoms with E-state index >= 15 is 0 Å². The maximum atomic E-state index is 12.4. The molecule has 1 aromatic heterocycles. The Bertz CT molecular complexity index is 963. The SMILES string of the molecule is CCOC(=O)c1[nH+]c2ccc(OC)cc2c2c1Cc1ccccc1-2. The van der Waals surface area contributed by atoms with Gasteiger partial charge in [0.1, 0.15) is 5.75 Å². The number of nitrogens with one attached hydrogen (secondary N) is 1. The highest BCUT2D eigenvalue weighted by Gasteiger charge is 2.32. The number of esters is 1. The van der Waals surface area contributed by atoms with Crippen LogP contribution in [-0.4, -0.2) is 19.7 Å². The lowest BCUT2D eigenvalue weighted by atomic mass is 9.99. The second-order valence-electron chi connectivity index (χ2n) is 5.82. The van der Waals surface area contributed by atoms with Crippen molar-refractivity contribution in [1.29, 1.82) is 0 Å². The molecule has 0 unspecified atom stereocenters. The summed E-state index contributed by atoms with van der Waals surface area (Å²) in [7, 11) is 1.66. The van der Waals surface area contributed by atoms with Crippen LogP contribution in [0.5, 0.6) is 5.75 Å². The van der Waals surface area contributed by atoms with Crippen molar-refractivity contribution in [3.63, 3.8) is 0 Å². The molecule has 24 heavy (non-hydrogen) atoms. The minimum Gasteiger partial charge on any atom is -0.497 e. The molecule has 4 nitrogen and oxygen atoms in total. The second kappa shape index (κ2) is 5.64. The predicted molar refractivity (Wildman–Crippen MR) is 91.3 cm³/mol. The number of carbonyl (C=O) groups is 1. The third kappa shape index (κ3) is 2.14. The first kappa shape index (κ1) is 14.7. The van der Waals surface area contributed by atoms with E-state index in [1.165, 1.54) is 11.1 Å². The summed E-state index contributed by atoms with van der Waals surface area (Å²) in [4.78, 5) is 15.7. The number of methoxy groups -OCH3 is 1. The molecule has 0 fully saturated rings. The van der Waals surface area contributed by atoms with Gasteiger partial charge in [0.25, 0.3) is 5.69 Å². The predicted octanol–water partition coefficient (Wildman–Crippen LogP) is 3.41. The van der Waals surface area contributed by atoms with Crippen molar-refractivity contribution in [1.82, 2.24) is 0 Å². The van der Waals surface area contributed by atoms with Crippen LogP contribution in [0.4, 0.5) is 0 Å². The molecule has 0 aliphatic heterocycles. The number of carbonyl (C=O) groups excluding carboxylic acids is 1. The van der Waals surface area contributed by atoms with Crippen molar-refractivity contribution < 1.29 is 19.3 Å². The summed E-state index contributed by atoms with van der Waals surface area (Å²) in [5, 5.41) is 1.06. The van der Waals surface area contributed by atoms with Crippen molar-refractivity contribution >= 4 is 16.9 Å². The molecule has 3 aromatic rings. The van der Waals surface area contributed by atoms with Crippen LogP contribution < -0.4 is 9.72 Å². The Kier molecular flexibility index (Phi) is 3.45. The molecule has 4 rings (SSSR count). The minimum absolute atomic E-state index is 0.306. The molecule has 0 amide bonds. The Morgan fingerprint density at radius 3 is 2.83 bits per heavy atom. The maximum Gasteiger partial charge on any atom is 0.403 e. The number of rotatable bonds is 3. The van der Waals surface area contributed by atoms with Crippen LogP contribution in [0.1, 0.15) is 28.5 Å². The van der Waals surface area contributed by atoms with Gasteiger partial charge in [0.2, 0.25) is 5.52 Å². The fraction of sp³-hybridized carbons (Fsp3) is 0.200. The number of ether oxygens (including phenoxy) is 2. The molecule has 0 bridgehead atoms. The average molecular weight is 320 g/mol. The molecule has 1 aliphatic carbocycles. The number of hydrogen-bond acceptors (Lipinski definition) is 3.